The highest BCUT2D eigenvalue weighted by atomic mass is 19.4. The van der Waals surface area contributed by atoms with Crippen LogP contribution < -0.4 is 10.9 Å². The molecule has 2 heterocycles. The Bertz CT molecular complexity index is 1530. The first-order valence-corrected chi connectivity index (χ1v) is 12.1. The monoisotopic (exact) mass is 572 g/mol. The van der Waals surface area contributed by atoms with Gasteiger partial charge in [-0.1, -0.05) is 24.3 Å². The Labute approximate surface area is 222 Å². The number of hydrogen-bond donors (Lipinski definition) is 2. The summed E-state index contributed by atoms with van der Waals surface area (Å²) < 4.78 is 95.8. The van der Waals surface area contributed by atoms with Crippen LogP contribution in [0.25, 0.3) is 10.8 Å². The number of rotatable bonds is 7. The number of H-pyrrole nitrogens is 1. The van der Waals surface area contributed by atoms with Gasteiger partial charge in [-0.25, -0.2) is 9.49 Å². The lowest BCUT2D eigenvalue weighted by Gasteiger charge is -2.24. The summed E-state index contributed by atoms with van der Waals surface area (Å²) in [5.41, 5.74) is -0.543. The number of aromatic nitrogens is 5. The van der Waals surface area contributed by atoms with Gasteiger partial charge in [0.05, 0.1) is 29.1 Å². The number of amides is 1. The van der Waals surface area contributed by atoms with Crippen molar-refractivity contribution in [1.29, 1.82) is 0 Å². The van der Waals surface area contributed by atoms with Crippen molar-refractivity contribution in [2.24, 2.45) is 5.92 Å². The second kappa shape index (κ2) is 10.8. The molecule has 4 rings (SSSR count). The minimum atomic E-state index is -5.02. The zero-order chi connectivity index (χ0) is 29.4. The van der Waals surface area contributed by atoms with Crippen LogP contribution in [0.1, 0.15) is 56.1 Å². The minimum Gasteiger partial charge on any atom is -0.342 e. The van der Waals surface area contributed by atoms with Crippen molar-refractivity contribution in [3.63, 3.8) is 0 Å². The van der Waals surface area contributed by atoms with E-state index in [1.165, 1.54) is 19.9 Å². The molecule has 3 aromatic rings. The largest absolute Gasteiger partial charge is 0.451 e. The van der Waals surface area contributed by atoms with Gasteiger partial charge in [-0.3, -0.25) is 9.59 Å². The Morgan fingerprint density at radius 1 is 1.12 bits per heavy atom. The van der Waals surface area contributed by atoms with Crippen LogP contribution in [0.5, 0.6) is 0 Å². The number of benzene rings is 1. The predicted molar refractivity (Wildman–Crippen MR) is 128 cm³/mol. The second-order valence-electron chi connectivity index (χ2n) is 9.57. The summed E-state index contributed by atoms with van der Waals surface area (Å²) in [4.78, 5) is 25.1. The van der Waals surface area contributed by atoms with Crippen LogP contribution in [0.3, 0.4) is 0 Å². The normalized spacial score (nSPS) is 17.1. The maximum atomic E-state index is 14.7. The Morgan fingerprint density at radius 3 is 2.42 bits per heavy atom. The molecule has 0 aliphatic heterocycles. The van der Waals surface area contributed by atoms with Crippen LogP contribution in [0, 0.1) is 5.92 Å². The van der Waals surface area contributed by atoms with Gasteiger partial charge in [-0.15, -0.1) is 10.2 Å². The number of alkyl halides is 6. The van der Waals surface area contributed by atoms with Crippen molar-refractivity contribution in [1.82, 2.24) is 30.3 Å². The molecule has 0 fully saturated rings. The first-order valence-electron chi connectivity index (χ1n) is 12.1. The van der Waals surface area contributed by atoms with Gasteiger partial charge in [0, 0.05) is 11.4 Å². The van der Waals surface area contributed by atoms with Crippen LogP contribution in [0.15, 0.2) is 52.6 Å². The molecule has 2 unspecified atom stereocenters. The fourth-order valence-corrected chi connectivity index (χ4v) is 4.57. The molecule has 15 heteroatoms. The van der Waals surface area contributed by atoms with Crippen molar-refractivity contribution in [3.8, 4) is 0 Å². The number of hydrogen-bond acceptors (Lipinski definition) is 5. The number of aromatic amines is 1. The van der Waals surface area contributed by atoms with E-state index < -0.39 is 71.3 Å². The average Bonchev–Trinajstić information content (AvgIpc) is 3.32. The average molecular weight is 572 g/mol. The molecule has 0 saturated carbocycles. The highest BCUT2D eigenvalue weighted by Gasteiger charge is 2.43. The maximum absolute atomic E-state index is 14.7. The third kappa shape index (κ3) is 6.23. The van der Waals surface area contributed by atoms with Gasteiger partial charge in [0.25, 0.3) is 11.5 Å². The summed E-state index contributed by atoms with van der Waals surface area (Å²) >= 11 is 0. The molecular formula is C25H23F7N6O2. The van der Waals surface area contributed by atoms with Crippen LogP contribution in [-0.2, 0) is 17.4 Å². The number of allylic oxidation sites excluding steroid dienone is 2. The number of nitrogens with zero attached hydrogens (tertiary/aromatic N) is 4. The number of halogens is 7. The van der Waals surface area contributed by atoms with Crippen LogP contribution in [-0.4, -0.2) is 37.0 Å². The van der Waals surface area contributed by atoms with Crippen molar-refractivity contribution in [2.45, 2.75) is 57.5 Å². The quantitative estimate of drug-likeness (QED) is 0.376. The van der Waals surface area contributed by atoms with Gasteiger partial charge in [0.15, 0.2) is 5.82 Å². The fourth-order valence-electron chi connectivity index (χ4n) is 4.57. The Kier molecular flexibility index (Phi) is 7.85. The Balaban J connectivity index is 1.65. The molecule has 1 aliphatic carbocycles. The van der Waals surface area contributed by atoms with E-state index in [1.54, 1.807) is 24.3 Å². The molecule has 0 radical (unpaired) electrons. The van der Waals surface area contributed by atoms with Gasteiger partial charge in [-0.2, -0.15) is 31.4 Å². The topological polar surface area (TPSA) is 106 Å². The van der Waals surface area contributed by atoms with Gasteiger partial charge in [0.2, 0.25) is 5.82 Å². The Hall–Kier alpha value is -4.04. The highest BCUT2D eigenvalue weighted by Crippen LogP contribution is 2.36. The number of carbonyl (C=O) groups is 1. The molecule has 0 bridgehead atoms. The number of fused-ring (bicyclic) bond motifs is 1. The first-order chi connectivity index (χ1) is 18.7. The molecule has 214 valence electrons. The molecule has 2 aromatic heterocycles. The summed E-state index contributed by atoms with van der Waals surface area (Å²) in [6.45, 7) is 2.58. The van der Waals surface area contributed by atoms with E-state index in [1.807, 2.05) is 5.32 Å². The molecule has 2 N–H and O–H groups in total. The van der Waals surface area contributed by atoms with Gasteiger partial charge in [-0.05, 0) is 44.7 Å². The smallest absolute Gasteiger partial charge is 0.342 e. The third-order valence-electron chi connectivity index (χ3n) is 6.28. The van der Waals surface area contributed by atoms with Crippen molar-refractivity contribution in [3.05, 3.63) is 75.5 Å². The minimum absolute atomic E-state index is 0.125. The van der Waals surface area contributed by atoms with E-state index in [4.69, 9.17) is 0 Å². The number of carbonyl (C=O) groups excluding carboxylic acids is 1. The van der Waals surface area contributed by atoms with E-state index in [9.17, 15) is 40.3 Å². The molecule has 2 atom stereocenters. The lowest BCUT2D eigenvalue weighted by molar-refractivity contribution is -0.148. The molecule has 1 aromatic carbocycles. The zero-order valence-corrected chi connectivity index (χ0v) is 21.1. The van der Waals surface area contributed by atoms with Crippen molar-refractivity contribution < 1.29 is 35.5 Å². The highest BCUT2D eigenvalue weighted by molar-refractivity contribution is 5.97. The lowest BCUT2D eigenvalue weighted by atomic mass is 9.90. The summed E-state index contributed by atoms with van der Waals surface area (Å²) in [5.74, 6) is -5.09. The Morgan fingerprint density at radius 2 is 1.80 bits per heavy atom. The van der Waals surface area contributed by atoms with E-state index in [0.29, 0.717) is 21.0 Å². The van der Waals surface area contributed by atoms with Gasteiger partial charge >= 0.3 is 12.4 Å². The van der Waals surface area contributed by atoms with E-state index in [2.05, 4.69) is 20.4 Å². The van der Waals surface area contributed by atoms with Gasteiger partial charge in [0.1, 0.15) is 5.83 Å². The first kappa shape index (κ1) is 29.0. The second-order valence-corrected chi connectivity index (χ2v) is 9.57. The summed E-state index contributed by atoms with van der Waals surface area (Å²) in [5, 5.41) is 15.7. The zero-order valence-electron chi connectivity index (χ0n) is 21.1. The SMILES string of the molecule is CC(C)n1c(C(CC(F)(F)F)NC(=O)C2=CC(Cc3n[nH]c(=O)c4ccccc34)CC=C2F)nnc1C(F)(F)F. The lowest BCUT2D eigenvalue weighted by Crippen LogP contribution is -2.36. The van der Waals surface area contributed by atoms with Crippen molar-refractivity contribution in [2.75, 3.05) is 0 Å². The molecule has 1 aliphatic rings. The summed E-state index contributed by atoms with van der Waals surface area (Å²) in [6.07, 6.45) is -9.11. The van der Waals surface area contributed by atoms with E-state index >= 15 is 0 Å². The summed E-state index contributed by atoms with van der Waals surface area (Å²) in [7, 11) is 0. The third-order valence-corrected chi connectivity index (χ3v) is 6.28. The maximum Gasteiger partial charge on any atom is 0.451 e. The molecule has 0 spiro atoms. The molecular weight excluding hydrogens is 549 g/mol. The molecule has 0 saturated heterocycles. The number of nitrogens with one attached hydrogen (secondary N) is 2. The summed E-state index contributed by atoms with van der Waals surface area (Å²) in [6, 6.07) is 3.53. The predicted octanol–water partition coefficient (Wildman–Crippen LogP) is 5.27. The molecule has 8 nitrogen and oxygen atoms in total. The van der Waals surface area contributed by atoms with Gasteiger partial charge < -0.3 is 9.88 Å². The molecule has 1 amide bonds. The van der Waals surface area contributed by atoms with Crippen LogP contribution in [0.4, 0.5) is 30.7 Å². The van der Waals surface area contributed by atoms with Crippen LogP contribution >= 0.6 is 0 Å². The fraction of sp³-hybridized carbons (Fsp3) is 0.400. The molecule has 40 heavy (non-hydrogen) atoms. The standard InChI is InChI=1S/C25H23F7N6O2/c1-12(2)38-20(35-37-23(38)25(30,31)32)19(11-24(27,28)29)33-21(39)16-9-13(7-8-17(16)26)10-18-14-5-3-4-6-15(14)22(40)36-34-18/h3-6,8-9,12-13,19H,7,10-11H2,1-2H3,(H,33,39)(H,36,40). The van der Waals surface area contributed by atoms with E-state index in [-0.39, 0.29) is 12.8 Å². The van der Waals surface area contributed by atoms with Crippen LogP contribution in [0.2, 0.25) is 0 Å². The van der Waals surface area contributed by atoms with Crippen molar-refractivity contribution >= 4 is 16.7 Å². The van der Waals surface area contributed by atoms with E-state index in [0.717, 1.165) is 6.08 Å².